The number of rotatable bonds is 22. The predicted molar refractivity (Wildman–Crippen MR) is 187 cm³/mol. The maximum absolute atomic E-state index is 13.3. The molecule has 0 unspecified atom stereocenters. The van der Waals surface area contributed by atoms with Gasteiger partial charge in [-0.25, -0.2) is 0 Å². The molecule has 304 valence electrons. The van der Waals surface area contributed by atoms with Gasteiger partial charge in [0.2, 0.25) is 11.8 Å². The first kappa shape index (κ1) is 44.0. The molecule has 3 saturated carbocycles. The highest BCUT2D eigenvalue weighted by Crippen LogP contribution is 2.29. The van der Waals surface area contributed by atoms with Crippen LogP contribution in [0.3, 0.4) is 0 Å². The Morgan fingerprint density at radius 1 is 0.352 bits per heavy atom. The van der Waals surface area contributed by atoms with Crippen LogP contribution in [0.15, 0.2) is 0 Å². The van der Waals surface area contributed by atoms with Crippen molar-refractivity contribution in [1.29, 1.82) is 0 Å². The molecular formula is C34H54N6O14. The van der Waals surface area contributed by atoms with Gasteiger partial charge in [0.05, 0.1) is 52.4 Å². The van der Waals surface area contributed by atoms with E-state index in [1.807, 2.05) is 0 Å². The van der Waals surface area contributed by atoms with Crippen molar-refractivity contribution in [2.24, 2.45) is 0 Å². The first-order valence-electron chi connectivity index (χ1n) is 18.4. The molecule has 2 amide bonds. The molecule has 20 nitrogen and oxygen atoms in total. The van der Waals surface area contributed by atoms with E-state index in [-0.39, 0.29) is 25.2 Å². The van der Waals surface area contributed by atoms with Crippen LogP contribution in [-0.2, 0) is 38.4 Å². The highest BCUT2D eigenvalue weighted by Gasteiger charge is 2.39. The lowest BCUT2D eigenvalue weighted by atomic mass is 9.87. The second-order valence-electron chi connectivity index (χ2n) is 14.5. The van der Waals surface area contributed by atoms with Gasteiger partial charge in [0, 0.05) is 36.3 Å². The predicted octanol–water partition coefficient (Wildman–Crippen LogP) is -1.13. The lowest BCUT2D eigenvalue weighted by Gasteiger charge is -2.44. The molecule has 4 atom stereocenters. The third-order valence-electron chi connectivity index (χ3n) is 10.4. The molecular weight excluding hydrogens is 716 g/mol. The Kier molecular flexibility index (Phi) is 17.5. The third-order valence-corrected chi connectivity index (χ3v) is 10.4. The van der Waals surface area contributed by atoms with Crippen LogP contribution in [0.5, 0.6) is 0 Å². The molecule has 0 bridgehead atoms. The number of carbonyl (C=O) groups excluding carboxylic acids is 2. The van der Waals surface area contributed by atoms with Crippen molar-refractivity contribution in [1.82, 2.24) is 30.2 Å². The van der Waals surface area contributed by atoms with Crippen LogP contribution in [0.1, 0.15) is 77.0 Å². The number of hydrogen-bond donors (Lipinski definition) is 8. The molecule has 54 heavy (non-hydrogen) atoms. The van der Waals surface area contributed by atoms with Crippen molar-refractivity contribution < 1.29 is 69.0 Å². The molecule has 8 N–H and O–H groups in total. The van der Waals surface area contributed by atoms with Gasteiger partial charge in [-0.05, 0) is 51.4 Å². The largest absolute Gasteiger partial charge is 0.480 e. The Hall–Kier alpha value is -4.40. The van der Waals surface area contributed by atoms with E-state index < -0.39 is 111 Å². The summed E-state index contributed by atoms with van der Waals surface area (Å²) in [5.74, 6) is -8.14. The monoisotopic (exact) mass is 770 g/mol. The Morgan fingerprint density at radius 2 is 0.556 bits per heavy atom. The Bertz CT molecular complexity index is 1230. The number of nitrogens with one attached hydrogen (secondary N) is 2. The zero-order valence-corrected chi connectivity index (χ0v) is 30.3. The Morgan fingerprint density at radius 3 is 0.759 bits per heavy atom. The van der Waals surface area contributed by atoms with E-state index in [2.05, 4.69) is 10.6 Å². The van der Waals surface area contributed by atoms with E-state index in [0.29, 0.717) is 77.0 Å². The van der Waals surface area contributed by atoms with Gasteiger partial charge in [0.1, 0.15) is 0 Å². The van der Waals surface area contributed by atoms with E-state index >= 15 is 0 Å². The molecule has 0 saturated heterocycles. The van der Waals surface area contributed by atoms with E-state index in [9.17, 15) is 69.0 Å². The summed E-state index contributed by atoms with van der Waals surface area (Å²) in [6.07, 6.45) is 6.53. The zero-order chi connectivity index (χ0) is 39.9. The molecule has 0 spiro atoms. The summed E-state index contributed by atoms with van der Waals surface area (Å²) in [6, 6.07) is -2.85. The molecule has 3 rings (SSSR count). The smallest absolute Gasteiger partial charge is 0.317 e. The molecule has 0 aromatic rings. The maximum atomic E-state index is 13.3. The number of nitrogens with zero attached hydrogens (tertiary/aromatic N) is 4. The SMILES string of the molecule is O=C(O)CN(CC(=O)O)[C@@H]1CCCC[C@H]1N(CC(=O)O)CC(=O)N[C@H]1CC[C@H](NC(=O)CN(CC(=O)O)[C@@H]2CCCC[C@H]2N(CC(=O)O)CC(=O)O)CC1. The summed E-state index contributed by atoms with van der Waals surface area (Å²) < 4.78 is 0. The summed E-state index contributed by atoms with van der Waals surface area (Å²) in [7, 11) is 0. The molecule has 3 fully saturated rings. The van der Waals surface area contributed by atoms with Gasteiger partial charge in [0.25, 0.3) is 0 Å². The average Bonchev–Trinajstić information content (AvgIpc) is 3.07. The Balaban J connectivity index is 1.59. The van der Waals surface area contributed by atoms with Crippen LogP contribution in [0.2, 0.25) is 0 Å². The highest BCUT2D eigenvalue weighted by molar-refractivity contribution is 5.80. The first-order valence-corrected chi connectivity index (χ1v) is 18.4. The summed E-state index contributed by atoms with van der Waals surface area (Å²) in [4.78, 5) is 102. The van der Waals surface area contributed by atoms with Crippen LogP contribution < -0.4 is 10.6 Å². The summed E-state index contributed by atoms with van der Waals surface area (Å²) in [5.41, 5.74) is 0. The van der Waals surface area contributed by atoms with E-state index in [0.717, 1.165) is 0 Å². The Labute approximate surface area is 312 Å². The van der Waals surface area contributed by atoms with Gasteiger partial charge < -0.3 is 41.3 Å². The minimum atomic E-state index is -1.22. The number of carboxylic acid groups (broad SMARTS) is 6. The molecule has 0 aromatic heterocycles. The molecule has 0 aromatic carbocycles. The van der Waals surface area contributed by atoms with Crippen molar-refractivity contribution in [3.8, 4) is 0 Å². The molecule has 0 radical (unpaired) electrons. The van der Waals surface area contributed by atoms with Gasteiger partial charge in [0.15, 0.2) is 0 Å². The normalized spacial score (nSPS) is 24.6. The molecule has 3 aliphatic carbocycles. The maximum Gasteiger partial charge on any atom is 0.317 e. The fraction of sp³-hybridized carbons (Fsp3) is 0.765. The fourth-order valence-corrected chi connectivity index (χ4v) is 8.39. The standard InChI is InChI=1S/C34H54N6O14/c41-27(13-37(15-29(43)44)23-5-1-3-7-25(23)39(17-31(47)48)18-32(49)50)35-21-9-11-22(12-10-21)36-28(42)14-38(16-30(45)46)24-6-2-4-8-26(24)40(19-33(51)52)20-34(53)54/h21-26H,1-20H2,(H,35,41)(H,36,42)(H,43,44)(H,45,46)(H,47,48)(H,49,50)(H,51,52)(H,53,54)/t21-,22-,23-,24-,25-,26-/m1/s1. The van der Waals surface area contributed by atoms with E-state index in [4.69, 9.17) is 0 Å². The van der Waals surface area contributed by atoms with Crippen molar-refractivity contribution in [2.75, 3.05) is 52.4 Å². The van der Waals surface area contributed by atoms with E-state index in [1.165, 1.54) is 19.6 Å². The first-order chi connectivity index (χ1) is 25.5. The van der Waals surface area contributed by atoms with Crippen molar-refractivity contribution >= 4 is 47.6 Å². The van der Waals surface area contributed by atoms with Crippen molar-refractivity contribution in [2.45, 2.75) is 113 Å². The molecule has 20 heteroatoms. The summed E-state index contributed by atoms with van der Waals surface area (Å²) in [6.45, 7) is -3.77. The second-order valence-corrected chi connectivity index (χ2v) is 14.5. The lowest BCUT2D eigenvalue weighted by molar-refractivity contribution is -0.147. The van der Waals surface area contributed by atoms with Crippen molar-refractivity contribution in [3.05, 3.63) is 0 Å². The minimum absolute atomic E-state index is 0.282. The molecule has 0 heterocycles. The van der Waals surface area contributed by atoms with Gasteiger partial charge in [-0.15, -0.1) is 0 Å². The molecule has 0 aliphatic heterocycles. The zero-order valence-electron chi connectivity index (χ0n) is 30.3. The number of carbonyl (C=O) groups is 8. The van der Waals surface area contributed by atoms with Crippen LogP contribution in [-0.4, -0.2) is 186 Å². The van der Waals surface area contributed by atoms with Crippen LogP contribution >= 0.6 is 0 Å². The summed E-state index contributed by atoms with van der Waals surface area (Å²) in [5, 5.41) is 62.8. The number of amides is 2. The van der Waals surface area contributed by atoms with Gasteiger partial charge in [-0.3, -0.25) is 58.0 Å². The highest BCUT2D eigenvalue weighted by atomic mass is 16.4. The van der Waals surface area contributed by atoms with Crippen molar-refractivity contribution in [3.63, 3.8) is 0 Å². The van der Waals surface area contributed by atoms with Crippen LogP contribution in [0.4, 0.5) is 0 Å². The topological polar surface area (TPSA) is 295 Å². The minimum Gasteiger partial charge on any atom is -0.480 e. The third kappa shape index (κ3) is 14.8. The quantitative estimate of drug-likeness (QED) is 0.0646. The number of carboxylic acids is 6. The van der Waals surface area contributed by atoms with Crippen LogP contribution in [0.25, 0.3) is 0 Å². The fourth-order valence-electron chi connectivity index (χ4n) is 8.39. The van der Waals surface area contributed by atoms with E-state index in [1.54, 1.807) is 0 Å². The second kappa shape index (κ2) is 21.5. The van der Waals surface area contributed by atoms with Gasteiger partial charge >= 0.3 is 35.8 Å². The van der Waals surface area contributed by atoms with Gasteiger partial charge in [-0.1, -0.05) is 25.7 Å². The summed E-state index contributed by atoms with van der Waals surface area (Å²) >= 11 is 0. The van der Waals surface area contributed by atoms with Gasteiger partial charge in [-0.2, -0.15) is 0 Å². The molecule has 3 aliphatic rings. The average molecular weight is 771 g/mol. The van der Waals surface area contributed by atoms with Crippen LogP contribution in [0, 0.1) is 0 Å². The number of hydrogen-bond acceptors (Lipinski definition) is 12. The lowest BCUT2D eigenvalue weighted by Crippen LogP contribution is -2.58. The number of aliphatic carboxylic acids is 6.